The van der Waals surface area contributed by atoms with Gasteiger partial charge in [0.15, 0.2) is 0 Å². The molecule has 0 N–H and O–H groups in total. The second-order valence-corrected chi connectivity index (χ2v) is 6.14. The van der Waals surface area contributed by atoms with Crippen molar-refractivity contribution in [2.24, 2.45) is 16.4 Å². The highest BCUT2D eigenvalue weighted by Gasteiger charge is 2.36. The van der Waals surface area contributed by atoms with E-state index in [0.29, 0.717) is 5.57 Å². The Kier molecular flexibility index (Phi) is 5.38. The summed E-state index contributed by atoms with van der Waals surface area (Å²) in [5.74, 6) is -1.07. The van der Waals surface area contributed by atoms with Crippen LogP contribution in [0.5, 0.6) is 0 Å². The molecule has 3 atom stereocenters. The van der Waals surface area contributed by atoms with E-state index in [1.165, 1.54) is 7.11 Å². The molecule has 7 nitrogen and oxygen atoms in total. The third kappa shape index (κ3) is 4.23. The zero-order chi connectivity index (χ0) is 16.2. The lowest BCUT2D eigenvalue weighted by Crippen LogP contribution is -2.39. The van der Waals surface area contributed by atoms with Gasteiger partial charge in [-0.05, 0) is 26.3 Å². The van der Waals surface area contributed by atoms with Crippen LogP contribution in [0.15, 0.2) is 16.8 Å². The van der Waals surface area contributed by atoms with Gasteiger partial charge in [0.25, 0.3) is 0 Å². The van der Waals surface area contributed by atoms with Crippen molar-refractivity contribution in [3.05, 3.63) is 22.1 Å². The molecule has 0 spiro atoms. The summed E-state index contributed by atoms with van der Waals surface area (Å²) in [6, 6.07) is -0.546. The fourth-order valence-corrected chi connectivity index (χ4v) is 1.99. The lowest BCUT2D eigenvalue weighted by Gasteiger charge is -2.33. The minimum Gasteiger partial charge on any atom is -0.466 e. The van der Waals surface area contributed by atoms with E-state index in [4.69, 9.17) is 10.3 Å². The predicted octanol–water partition coefficient (Wildman–Crippen LogP) is 2.76. The van der Waals surface area contributed by atoms with Crippen LogP contribution in [0.3, 0.4) is 0 Å². The van der Waals surface area contributed by atoms with Gasteiger partial charge in [-0.3, -0.25) is 4.79 Å². The van der Waals surface area contributed by atoms with Crippen LogP contribution in [0.4, 0.5) is 0 Å². The fourth-order valence-electron chi connectivity index (χ4n) is 1.99. The predicted molar refractivity (Wildman–Crippen MR) is 76.1 cm³/mol. The number of hydrogen-bond donors (Lipinski definition) is 0. The summed E-state index contributed by atoms with van der Waals surface area (Å²) >= 11 is 0. The van der Waals surface area contributed by atoms with Gasteiger partial charge in [0, 0.05) is 22.8 Å². The summed E-state index contributed by atoms with van der Waals surface area (Å²) in [4.78, 5) is 26.5. The average Bonchev–Trinajstić information content (AvgIpc) is 2.41. The number of carbonyl (C=O) groups is 2. The quantitative estimate of drug-likeness (QED) is 0.345. The number of carbonyl (C=O) groups excluding carboxylic acids is 2. The first-order chi connectivity index (χ1) is 9.70. The number of hydrogen-bond acceptors (Lipinski definition) is 5. The van der Waals surface area contributed by atoms with Crippen LogP contribution >= 0.6 is 0 Å². The Morgan fingerprint density at radius 3 is 2.52 bits per heavy atom. The molecular weight excluding hydrogens is 274 g/mol. The molecule has 0 heterocycles. The minimum atomic E-state index is -0.639. The maximum absolute atomic E-state index is 12.0. The van der Waals surface area contributed by atoms with E-state index < -0.39 is 23.5 Å². The largest absolute Gasteiger partial charge is 0.466 e. The second kappa shape index (κ2) is 6.63. The Balaban J connectivity index is 3.01. The van der Waals surface area contributed by atoms with Crippen molar-refractivity contribution in [2.45, 2.75) is 46.3 Å². The number of rotatable bonds is 3. The van der Waals surface area contributed by atoms with Crippen molar-refractivity contribution >= 4 is 11.9 Å². The first-order valence-corrected chi connectivity index (χ1v) is 6.75. The summed E-state index contributed by atoms with van der Waals surface area (Å²) in [5, 5.41) is 3.66. The molecule has 7 heteroatoms. The monoisotopic (exact) mass is 295 g/mol. The number of esters is 2. The molecule has 116 valence electrons. The molecule has 1 aliphatic carbocycles. The molecule has 0 amide bonds. The SMILES string of the molecule is COC(=O)C1=C[C@@H](N=[N+]=[N-])[C@H](C)[C@H](OC(=O)C(C)(C)C)C1. The molecule has 0 aromatic carbocycles. The van der Waals surface area contributed by atoms with Crippen molar-refractivity contribution in [2.75, 3.05) is 7.11 Å². The van der Waals surface area contributed by atoms with E-state index in [-0.39, 0.29) is 18.3 Å². The van der Waals surface area contributed by atoms with Gasteiger partial charge >= 0.3 is 11.9 Å². The molecule has 1 aliphatic rings. The van der Waals surface area contributed by atoms with Gasteiger partial charge in [0.2, 0.25) is 0 Å². The van der Waals surface area contributed by atoms with Gasteiger partial charge in [-0.15, -0.1) is 0 Å². The molecule has 0 saturated carbocycles. The van der Waals surface area contributed by atoms with Crippen LogP contribution < -0.4 is 0 Å². The molecule has 0 radical (unpaired) electrons. The fraction of sp³-hybridized carbons (Fsp3) is 0.714. The minimum absolute atomic E-state index is 0.208. The summed E-state index contributed by atoms with van der Waals surface area (Å²) < 4.78 is 10.2. The number of nitrogens with zero attached hydrogens (tertiary/aromatic N) is 3. The molecule has 0 aliphatic heterocycles. The number of methoxy groups -OCH3 is 1. The highest BCUT2D eigenvalue weighted by molar-refractivity contribution is 5.89. The van der Waals surface area contributed by atoms with Gasteiger partial charge in [0.1, 0.15) is 6.10 Å². The van der Waals surface area contributed by atoms with Crippen molar-refractivity contribution in [3.8, 4) is 0 Å². The Labute approximate surface area is 123 Å². The topological polar surface area (TPSA) is 101 Å². The van der Waals surface area contributed by atoms with Crippen LogP contribution in [-0.4, -0.2) is 31.2 Å². The van der Waals surface area contributed by atoms with E-state index in [1.54, 1.807) is 26.8 Å². The first kappa shape index (κ1) is 17.0. The van der Waals surface area contributed by atoms with E-state index in [1.807, 2.05) is 6.92 Å². The zero-order valence-corrected chi connectivity index (χ0v) is 13.0. The van der Waals surface area contributed by atoms with Crippen LogP contribution in [0.25, 0.3) is 10.4 Å². The van der Waals surface area contributed by atoms with Gasteiger partial charge < -0.3 is 9.47 Å². The molecule has 0 aromatic heterocycles. The smallest absolute Gasteiger partial charge is 0.333 e. The lowest BCUT2D eigenvalue weighted by molar-refractivity contribution is -0.162. The molecule has 0 fully saturated rings. The standard InChI is InChI=1S/C14H21N3O4/c1-8-10(16-17-15)6-9(12(18)20-5)7-11(8)21-13(19)14(2,3)4/h6,8,10-11H,7H2,1-5H3/t8-,10+,11+/m0/s1. The van der Waals surface area contributed by atoms with E-state index in [2.05, 4.69) is 14.8 Å². The molecule has 21 heavy (non-hydrogen) atoms. The summed E-state index contributed by atoms with van der Waals surface area (Å²) in [5.41, 5.74) is 8.34. The molecule has 1 rings (SSSR count). The third-order valence-corrected chi connectivity index (χ3v) is 3.42. The van der Waals surface area contributed by atoms with E-state index >= 15 is 0 Å². The van der Waals surface area contributed by atoms with Crippen LogP contribution in [0, 0.1) is 11.3 Å². The van der Waals surface area contributed by atoms with E-state index in [9.17, 15) is 9.59 Å². The molecule has 0 unspecified atom stereocenters. The van der Waals surface area contributed by atoms with E-state index in [0.717, 1.165) is 0 Å². The zero-order valence-electron chi connectivity index (χ0n) is 13.0. The van der Waals surface area contributed by atoms with Crippen molar-refractivity contribution < 1.29 is 19.1 Å². The van der Waals surface area contributed by atoms with Crippen molar-refractivity contribution in [3.63, 3.8) is 0 Å². The second-order valence-electron chi connectivity index (χ2n) is 6.14. The summed E-state index contributed by atoms with van der Waals surface area (Å²) in [7, 11) is 1.28. The van der Waals surface area contributed by atoms with Crippen molar-refractivity contribution in [1.82, 2.24) is 0 Å². The average molecular weight is 295 g/mol. The lowest BCUT2D eigenvalue weighted by atomic mass is 9.84. The van der Waals surface area contributed by atoms with Gasteiger partial charge in [-0.1, -0.05) is 18.1 Å². The summed E-state index contributed by atoms with van der Waals surface area (Å²) in [6.07, 6.45) is 1.32. The Hall–Kier alpha value is -2.01. The Bertz CT molecular complexity index is 501. The molecular formula is C14H21N3O4. The highest BCUT2D eigenvalue weighted by Crippen LogP contribution is 2.31. The first-order valence-electron chi connectivity index (χ1n) is 6.75. The van der Waals surface area contributed by atoms with Gasteiger partial charge in [-0.25, -0.2) is 4.79 Å². The third-order valence-electron chi connectivity index (χ3n) is 3.42. The van der Waals surface area contributed by atoms with Crippen molar-refractivity contribution in [1.29, 1.82) is 0 Å². The maximum Gasteiger partial charge on any atom is 0.333 e. The van der Waals surface area contributed by atoms with Crippen LogP contribution in [0.2, 0.25) is 0 Å². The normalized spacial score (nSPS) is 25.4. The molecule has 0 aromatic rings. The number of ether oxygens (including phenoxy) is 2. The Morgan fingerprint density at radius 1 is 1.43 bits per heavy atom. The number of azide groups is 1. The molecule has 0 saturated heterocycles. The maximum atomic E-state index is 12.0. The molecule has 0 bridgehead atoms. The highest BCUT2D eigenvalue weighted by atomic mass is 16.5. The Morgan fingerprint density at radius 2 is 2.05 bits per heavy atom. The van der Waals surface area contributed by atoms with Crippen LogP contribution in [0.1, 0.15) is 34.1 Å². The summed E-state index contributed by atoms with van der Waals surface area (Å²) in [6.45, 7) is 7.09. The van der Waals surface area contributed by atoms with Gasteiger partial charge in [0.05, 0.1) is 18.6 Å². The van der Waals surface area contributed by atoms with Gasteiger partial charge in [-0.2, -0.15) is 0 Å². The van der Waals surface area contributed by atoms with Crippen LogP contribution in [-0.2, 0) is 19.1 Å².